The van der Waals surface area contributed by atoms with Crippen molar-refractivity contribution in [1.29, 1.82) is 0 Å². The zero-order valence-electron chi connectivity index (χ0n) is 18.2. The number of ether oxygens (including phenoxy) is 1. The number of aliphatic hydroxyl groups is 1. The van der Waals surface area contributed by atoms with Gasteiger partial charge >= 0.3 is 0 Å². The van der Waals surface area contributed by atoms with Gasteiger partial charge in [0.2, 0.25) is 5.91 Å². The molecule has 170 valence electrons. The average Bonchev–Trinajstić information content (AvgIpc) is 2.70. The second-order valence-electron chi connectivity index (χ2n) is 7.71. The highest BCUT2D eigenvalue weighted by atomic mass is 127. The molecule has 30 heavy (non-hydrogen) atoms. The van der Waals surface area contributed by atoms with Crippen LogP contribution in [-0.2, 0) is 4.79 Å². The van der Waals surface area contributed by atoms with Crippen molar-refractivity contribution in [2.75, 3.05) is 38.2 Å². The molecule has 1 amide bonds. The van der Waals surface area contributed by atoms with Gasteiger partial charge in [-0.2, -0.15) is 0 Å². The zero-order valence-corrected chi connectivity index (χ0v) is 20.5. The number of aliphatic hydroxyl groups excluding tert-OH is 1. The zero-order chi connectivity index (χ0) is 21.0. The molecule has 0 aliphatic heterocycles. The van der Waals surface area contributed by atoms with Gasteiger partial charge in [0.05, 0.1) is 6.54 Å². The van der Waals surface area contributed by atoms with Crippen molar-refractivity contribution in [2.24, 2.45) is 10.4 Å². The van der Waals surface area contributed by atoms with Crippen LogP contribution in [0.1, 0.15) is 52.4 Å². The van der Waals surface area contributed by atoms with Crippen molar-refractivity contribution in [3.63, 3.8) is 0 Å². The van der Waals surface area contributed by atoms with E-state index in [0.29, 0.717) is 18.9 Å². The number of halogens is 1. The van der Waals surface area contributed by atoms with Gasteiger partial charge in [-0.1, -0.05) is 25.3 Å². The third kappa shape index (κ3) is 9.51. The number of nitrogens with one attached hydrogen (secondary N) is 3. The quantitative estimate of drug-likeness (QED) is 0.160. The van der Waals surface area contributed by atoms with Crippen molar-refractivity contribution >= 4 is 41.5 Å². The Hall–Kier alpha value is -1.55. The molecule has 8 heteroatoms. The Morgan fingerprint density at radius 2 is 2.00 bits per heavy atom. The second kappa shape index (κ2) is 14.5. The maximum atomic E-state index is 11.2. The summed E-state index contributed by atoms with van der Waals surface area (Å²) in [5.74, 6) is 1.39. The lowest BCUT2D eigenvalue weighted by molar-refractivity contribution is -0.114. The molecule has 7 nitrogen and oxygen atoms in total. The number of benzene rings is 1. The summed E-state index contributed by atoms with van der Waals surface area (Å²) in [7, 11) is 0. The van der Waals surface area contributed by atoms with Gasteiger partial charge in [0.15, 0.2) is 5.96 Å². The predicted octanol–water partition coefficient (Wildman–Crippen LogP) is 3.53. The van der Waals surface area contributed by atoms with Crippen LogP contribution in [0, 0.1) is 5.41 Å². The highest BCUT2D eigenvalue weighted by Crippen LogP contribution is 2.39. The molecule has 1 aromatic carbocycles. The number of amides is 1. The Morgan fingerprint density at radius 3 is 2.67 bits per heavy atom. The summed E-state index contributed by atoms with van der Waals surface area (Å²) < 4.78 is 5.78. The van der Waals surface area contributed by atoms with Crippen molar-refractivity contribution < 1.29 is 14.6 Å². The molecule has 0 bridgehead atoms. The molecule has 0 radical (unpaired) electrons. The summed E-state index contributed by atoms with van der Waals surface area (Å²) in [6.07, 6.45) is 6.85. The van der Waals surface area contributed by atoms with Crippen LogP contribution >= 0.6 is 24.0 Å². The second-order valence-corrected chi connectivity index (χ2v) is 7.71. The maximum absolute atomic E-state index is 11.2. The lowest BCUT2D eigenvalue weighted by Crippen LogP contribution is -2.40. The van der Waals surface area contributed by atoms with Crippen LogP contribution in [0.25, 0.3) is 0 Å². The van der Waals surface area contributed by atoms with E-state index in [1.54, 1.807) is 0 Å². The fraction of sp³-hybridized carbons (Fsp3) is 0.636. The van der Waals surface area contributed by atoms with Crippen LogP contribution in [-0.4, -0.2) is 49.8 Å². The number of guanidine groups is 1. The van der Waals surface area contributed by atoms with E-state index in [0.717, 1.165) is 44.0 Å². The van der Waals surface area contributed by atoms with E-state index in [1.807, 2.05) is 31.2 Å². The molecule has 0 atom stereocenters. The Bertz CT molecular complexity index is 658. The smallest absolute Gasteiger partial charge is 0.221 e. The summed E-state index contributed by atoms with van der Waals surface area (Å²) in [5, 5.41) is 18.8. The number of hydrogen-bond donors (Lipinski definition) is 4. The summed E-state index contributed by atoms with van der Waals surface area (Å²) in [4.78, 5) is 16.0. The minimum absolute atomic E-state index is 0. The van der Waals surface area contributed by atoms with Crippen LogP contribution in [0.5, 0.6) is 5.75 Å². The Kier molecular flexibility index (Phi) is 12.8. The molecule has 1 aliphatic carbocycles. The molecule has 1 saturated carbocycles. The van der Waals surface area contributed by atoms with Crippen molar-refractivity contribution in [1.82, 2.24) is 10.6 Å². The minimum Gasteiger partial charge on any atom is -0.492 e. The molecule has 0 heterocycles. The van der Waals surface area contributed by atoms with E-state index in [1.165, 1.54) is 26.2 Å². The van der Waals surface area contributed by atoms with Crippen LogP contribution in [0.4, 0.5) is 5.69 Å². The number of nitrogens with zero attached hydrogens (tertiary/aromatic N) is 1. The topological polar surface area (TPSA) is 95.0 Å². The van der Waals surface area contributed by atoms with Gasteiger partial charge < -0.3 is 25.8 Å². The fourth-order valence-corrected chi connectivity index (χ4v) is 3.82. The maximum Gasteiger partial charge on any atom is 0.221 e. The number of hydrogen-bond acceptors (Lipinski definition) is 4. The van der Waals surface area contributed by atoms with Crippen LogP contribution in [0.2, 0.25) is 0 Å². The monoisotopic (exact) mass is 532 g/mol. The van der Waals surface area contributed by atoms with Gasteiger partial charge in [-0.05, 0) is 43.7 Å². The van der Waals surface area contributed by atoms with Crippen molar-refractivity contribution in [3.05, 3.63) is 24.3 Å². The van der Waals surface area contributed by atoms with E-state index in [-0.39, 0.29) is 41.9 Å². The first-order valence-electron chi connectivity index (χ1n) is 10.7. The first-order chi connectivity index (χ1) is 14.1. The molecule has 0 spiro atoms. The van der Waals surface area contributed by atoms with Gasteiger partial charge in [0.1, 0.15) is 12.4 Å². The normalized spacial score (nSPS) is 15.6. The fourth-order valence-electron chi connectivity index (χ4n) is 3.82. The van der Waals surface area contributed by atoms with E-state index in [9.17, 15) is 9.90 Å². The first kappa shape index (κ1) is 26.5. The molecule has 0 aromatic heterocycles. The molecule has 0 unspecified atom stereocenters. The Balaban J connectivity index is 0.00000450. The summed E-state index contributed by atoms with van der Waals surface area (Å²) in [6.45, 7) is 6.38. The van der Waals surface area contributed by atoms with Gasteiger partial charge in [0, 0.05) is 38.4 Å². The van der Waals surface area contributed by atoms with E-state index in [2.05, 4.69) is 16.0 Å². The number of rotatable bonds is 10. The summed E-state index contributed by atoms with van der Waals surface area (Å²) >= 11 is 0. The highest BCUT2D eigenvalue weighted by Gasteiger charge is 2.31. The number of anilines is 1. The molecular weight excluding hydrogens is 495 g/mol. The van der Waals surface area contributed by atoms with Gasteiger partial charge in [0.25, 0.3) is 0 Å². The van der Waals surface area contributed by atoms with E-state index < -0.39 is 0 Å². The minimum atomic E-state index is -0.104. The van der Waals surface area contributed by atoms with Crippen LogP contribution < -0.4 is 20.7 Å². The molecule has 4 N–H and O–H groups in total. The molecule has 1 fully saturated rings. The lowest BCUT2D eigenvalue weighted by Gasteiger charge is -2.35. The third-order valence-corrected chi connectivity index (χ3v) is 5.29. The van der Waals surface area contributed by atoms with Gasteiger partial charge in [-0.3, -0.25) is 9.79 Å². The largest absolute Gasteiger partial charge is 0.492 e. The van der Waals surface area contributed by atoms with Crippen LogP contribution in [0.3, 0.4) is 0 Å². The van der Waals surface area contributed by atoms with Gasteiger partial charge in [-0.15, -0.1) is 24.0 Å². The molecule has 2 rings (SSSR count). The summed E-state index contributed by atoms with van der Waals surface area (Å²) in [6, 6.07) is 7.36. The molecule has 1 aliphatic rings. The standard InChI is InChI=1S/C22H36N4O3.HI/c1-3-23-21(25-17-22(12-14-27)10-5-4-6-11-22)24-13-15-29-20-9-7-8-19(16-20)26-18(2)28;/h7-9,16,27H,3-6,10-15,17H2,1-2H3,(H,26,28)(H2,23,24,25);1H. The SMILES string of the molecule is CCNC(=NCC1(CCO)CCCCC1)NCCOc1cccc(NC(C)=O)c1.I. The average molecular weight is 532 g/mol. The molecule has 0 saturated heterocycles. The molecular formula is C22H37IN4O3. The van der Waals surface area contributed by atoms with Gasteiger partial charge in [-0.25, -0.2) is 0 Å². The first-order valence-corrected chi connectivity index (χ1v) is 10.7. The van der Waals surface area contributed by atoms with Crippen molar-refractivity contribution in [3.8, 4) is 5.75 Å². The highest BCUT2D eigenvalue weighted by molar-refractivity contribution is 14.0. The summed E-state index contributed by atoms with van der Waals surface area (Å²) in [5.41, 5.74) is 0.857. The Morgan fingerprint density at radius 1 is 1.23 bits per heavy atom. The number of carbonyl (C=O) groups is 1. The third-order valence-electron chi connectivity index (χ3n) is 5.29. The molecule has 1 aromatic rings. The number of carbonyl (C=O) groups excluding carboxylic acids is 1. The lowest BCUT2D eigenvalue weighted by atomic mass is 9.72. The number of aliphatic imine (C=N–C) groups is 1. The van der Waals surface area contributed by atoms with E-state index >= 15 is 0 Å². The Labute approximate surface area is 197 Å². The van der Waals surface area contributed by atoms with E-state index in [4.69, 9.17) is 9.73 Å². The van der Waals surface area contributed by atoms with Crippen LogP contribution in [0.15, 0.2) is 29.3 Å². The van der Waals surface area contributed by atoms with Crippen molar-refractivity contribution in [2.45, 2.75) is 52.4 Å². The predicted molar refractivity (Wildman–Crippen MR) is 133 cm³/mol.